The van der Waals surface area contributed by atoms with E-state index in [9.17, 15) is 19.7 Å². The number of carbonyl (C=O) groups is 2. The number of benzene rings is 2. The van der Waals surface area contributed by atoms with E-state index in [2.05, 4.69) is 33.2 Å². The van der Waals surface area contributed by atoms with Crippen LogP contribution in [0.5, 0.6) is 11.5 Å². The topological polar surface area (TPSA) is 111 Å². The second kappa shape index (κ2) is 8.55. The lowest BCUT2D eigenvalue weighted by Crippen LogP contribution is -2.40. The zero-order chi connectivity index (χ0) is 25.1. The third-order valence-electron chi connectivity index (χ3n) is 7.74. The zero-order valence-electron chi connectivity index (χ0n) is 19.2. The monoisotopic (exact) mass is 551 g/mol. The van der Waals surface area contributed by atoms with Crippen molar-refractivity contribution in [3.8, 4) is 11.5 Å². The number of methoxy groups -OCH3 is 1. The number of allylic oxidation sites excluding steroid dienone is 2. The molecule has 10 heteroatoms. The van der Waals surface area contributed by atoms with Crippen molar-refractivity contribution in [2.24, 2.45) is 40.6 Å². The highest BCUT2D eigenvalue weighted by Gasteiger charge is 2.67. The van der Waals surface area contributed by atoms with Crippen molar-refractivity contribution in [1.29, 1.82) is 0 Å². The summed E-state index contributed by atoms with van der Waals surface area (Å²) in [7, 11) is 1.51. The molecular weight excluding hydrogens is 530 g/mol. The minimum Gasteiger partial charge on any atom is -0.493 e. The van der Waals surface area contributed by atoms with Gasteiger partial charge < -0.3 is 9.47 Å². The summed E-state index contributed by atoms with van der Waals surface area (Å²) in [4.78, 5) is 36.6. The Labute approximate surface area is 215 Å². The van der Waals surface area contributed by atoms with Crippen molar-refractivity contribution in [1.82, 2.24) is 5.01 Å². The highest BCUT2D eigenvalue weighted by molar-refractivity contribution is 9.10. The van der Waals surface area contributed by atoms with Gasteiger partial charge in [-0.2, -0.15) is 10.1 Å². The lowest BCUT2D eigenvalue weighted by molar-refractivity contribution is -0.384. The Hall–Kier alpha value is -3.53. The quantitative estimate of drug-likeness (QED) is 0.166. The predicted octanol–water partition coefficient (Wildman–Crippen LogP) is 4.33. The van der Waals surface area contributed by atoms with Crippen LogP contribution < -0.4 is 9.47 Å². The maximum absolute atomic E-state index is 13.1. The predicted molar refractivity (Wildman–Crippen MR) is 132 cm³/mol. The molecule has 2 bridgehead atoms. The number of nitro groups is 1. The van der Waals surface area contributed by atoms with Crippen LogP contribution in [0.15, 0.2) is 58.1 Å². The van der Waals surface area contributed by atoms with E-state index in [-0.39, 0.29) is 47.8 Å². The van der Waals surface area contributed by atoms with Crippen LogP contribution in [0.4, 0.5) is 5.69 Å². The highest BCUT2D eigenvalue weighted by atomic mass is 79.9. The molecule has 1 saturated heterocycles. The molecular formula is C26H22BrN3O6. The Morgan fingerprint density at radius 1 is 1.11 bits per heavy atom. The summed E-state index contributed by atoms with van der Waals surface area (Å²) in [5.41, 5.74) is 1.39. The smallest absolute Gasteiger partial charge is 0.269 e. The van der Waals surface area contributed by atoms with Crippen LogP contribution in [0.3, 0.4) is 0 Å². The first-order valence-corrected chi connectivity index (χ1v) is 12.5. The average Bonchev–Trinajstić information content (AvgIpc) is 3.66. The standard InChI is InChI=1S/C26H22BrN3O6/c1-35-21-9-14(8-20(27)24(21)36-12-13-2-4-15(5-3-13)30(33)34)11-28-29-25(31)22-16-6-7-17(19-10-18(16)19)23(22)26(29)32/h2-9,11,16-19,22-23H,10,12H2,1H3/b28-11-/t16-,17-,18-,19+,22+,23+/m0/s1. The van der Waals surface area contributed by atoms with Crippen LogP contribution in [0.25, 0.3) is 0 Å². The van der Waals surface area contributed by atoms with E-state index in [0.29, 0.717) is 33.4 Å². The number of non-ortho nitro benzene ring substituents is 1. The Balaban J connectivity index is 1.18. The van der Waals surface area contributed by atoms with Gasteiger partial charge in [-0.3, -0.25) is 19.7 Å². The Morgan fingerprint density at radius 3 is 2.33 bits per heavy atom. The minimum absolute atomic E-state index is 0.0103. The molecule has 0 N–H and O–H groups in total. The van der Waals surface area contributed by atoms with Crippen LogP contribution in [-0.4, -0.2) is 35.1 Å². The van der Waals surface area contributed by atoms with Gasteiger partial charge in [0, 0.05) is 12.1 Å². The van der Waals surface area contributed by atoms with Crippen LogP contribution in [0.2, 0.25) is 0 Å². The number of rotatable bonds is 7. The van der Waals surface area contributed by atoms with E-state index in [0.717, 1.165) is 17.0 Å². The van der Waals surface area contributed by atoms with Gasteiger partial charge in [-0.25, -0.2) is 0 Å². The lowest BCUT2D eigenvalue weighted by atomic mass is 9.63. The number of nitro benzene ring substituents is 1. The van der Waals surface area contributed by atoms with Crippen LogP contribution in [0.1, 0.15) is 17.5 Å². The number of hydrazone groups is 1. The number of carbonyl (C=O) groups excluding carboxylic acids is 2. The van der Waals surface area contributed by atoms with Gasteiger partial charge in [0.25, 0.3) is 17.5 Å². The molecule has 0 aromatic heterocycles. The summed E-state index contributed by atoms with van der Waals surface area (Å²) in [6, 6.07) is 9.57. The molecule has 3 fully saturated rings. The van der Waals surface area contributed by atoms with Gasteiger partial charge >= 0.3 is 0 Å². The van der Waals surface area contributed by atoms with E-state index in [1.807, 2.05) is 0 Å². The molecule has 6 atom stereocenters. The SMILES string of the molecule is COc1cc(/C=N\N2C(=O)[C@@H]3[C@H]4C=C[C@@H]([C@@H]5C[C@H]45)[C@H]3C2=O)cc(Br)c1OCc1ccc([N+](=O)[O-])cc1. The number of halogens is 1. The normalized spacial score (nSPS) is 29.4. The Morgan fingerprint density at radius 2 is 1.75 bits per heavy atom. The van der Waals surface area contributed by atoms with Crippen LogP contribution in [-0.2, 0) is 16.2 Å². The highest BCUT2D eigenvalue weighted by Crippen LogP contribution is 2.65. The van der Waals surface area contributed by atoms with Crippen molar-refractivity contribution in [2.45, 2.75) is 13.0 Å². The van der Waals surface area contributed by atoms with Crippen molar-refractivity contribution < 1.29 is 24.0 Å². The van der Waals surface area contributed by atoms with E-state index in [1.165, 1.54) is 25.5 Å². The molecule has 2 aromatic carbocycles. The number of imide groups is 1. The number of ether oxygens (including phenoxy) is 2. The molecule has 9 nitrogen and oxygen atoms in total. The first-order valence-electron chi connectivity index (χ1n) is 11.7. The zero-order valence-corrected chi connectivity index (χ0v) is 20.8. The van der Waals surface area contributed by atoms with E-state index in [4.69, 9.17) is 9.47 Å². The Bertz CT molecular complexity index is 1300. The summed E-state index contributed by atoms with van der Waals surface area (Å²) in [6.07, 6.45) is 6.87. The average molecular weight is 552 g/mol. The summed E-state index contributed by atoms with van der Waals surface area (Å²) in [6.45, 7) is 0.179. The Kier molecular flexibility index (Phi) is 5.44. The molecule has 0 unspecified atom stereocenters. The summed E-state index contributed by atoms with van der Waals surface area (Å²) < 4.78 is 12.0. The molecule has 4 aliphatic carbocycles. The second-order valence-electron chi connectivity index (χ2n) is 9.63. The molecule has 7 rings (SSSR count). The molecule has 184 valence electrons. The molecule has 2 saturated carbocycles. The number of nitrogens with zero attached hydrogens (tertiary/aromatic N) is 3. The number of hydrogen-bond donors (Lipinski definition) is 0. The van der Waals surface area contributed by atoms with Gasteiger partial charge in [0.1, 0.15) is 6.61 Å². The minimum atomic E-state index is -0.453. The number of amides is 2. The molecule has 0 radical (unpaired) electrons. The van der Waals surface area contributed by atoms with Gasteiger partial charge in [-0.05, 0) is 81.4 Å². The third kappa shape index (κ3) is 3.62. The van der Waals surface area contributed by atoms with Crippen molar-refractivity contribution >= 4 is 39.6 Å². The first-order chi connectivity index (χ1) is 17.4. The van der Waals surface area contributed by atoms with Crippen LogP contribution in [0, 0.1) is 45.6 Å². The van der Waals surface area contributed by atoms with Gasteiger partial charge in [0.15, 0.2) is 11.5 Å². The maximum atomic E-state index is 13.1. The van der Waals surface area contributed by atoms with E-state index < -0.39 is 4.92 Å². The first kappa shape index (κ1) is 22.9. The molecule has 5 aliphatic rings. The van der Waals surface area contributed by atoms with E-state index in [1.54, 1.807) is 24.3 Å². The van der Waals surface area contributed by atoms with Gasteiger partial charge in [-0.1, -0.05) is 12.2 Å². The second-order valence-corrected chi connectivity index (χ2v) is 10.5. The summed E-state index contributed by atoms with van der Waals surface area (Å²) in [5.74, 6) is 1.29. The van der Waals surface area contributed by atoms with Crippen LogP contribution >= 0.6 is 15.9 Å². The summed E-state index contributed by atoms with van der Waals surface area (Å²) >= 11 is 3.49. The maximum Gasteiger partial charge on any atom is 0.269 e. The molecule has 36 heavy (non-hydrogen) atoms. The molecule has 2 amide bonds. The summed E-state index contributed by atoms with van der Waals surface area (Å²) in [5, 5.41) is 16.2. The molecule has 1 aliphatic heterocycles. The fraction of sp³-hybridized carbons (Fsp3) is 0.346. The molecule has 2 aromatic rings. The fourth-order valence-electron chi connectivity index (χ4n) is 6.00. The van der Waals surface area contributed by atoms with Gasteiger partial charge in [0.05, 0.1) is 34.6 Å². The van der Waals surface area contributed by atoms with Crippen molar-refractivity contribution in [2.75, 3.05) is 7.11 Å². The number of hydrogen-bond acceptors (Lipinski definition) is 7. The van der Waals surface area contributed by atoms with Crippen molar-refractivity contribution in [3.05, 3.63) is 74.3 Å². The van der Waals surface area contributed by atoms with Gasteiger partial charge in [-0.15, -0.1) is 0 Å². The van der Waals surface area contributed by atoms with Gasteiger partial charge in [0.2, 0.25) is 0 Å². The molecule has 1 heterocycles. The largest absolute Gasteiger partial charge is 0.493 e. The lowest BCUT2D eigenvalue weighted by Gasteiger charge is -2.37. The third-order valence-corrected chi connectivity index (χ3v) is 8.33. The molecule has 0 spiro atoms. The van der Waals surface area contributed by atoms with E-state index >= 15 is 0 Å². The van der Waals surface area contributed by atoms with Crippen molar-refractivity contribution in [3.63, 3.8) is 0 Å². The fourth-order valence-corrected chi connectivity index (χ4v) is 6.58.